The van der Waals surface area contributed by atoms with Gasteiger partial charge in [-0.05, 0) is 50.0 Å². The van der Waals surface area contributed by atoms with Crippen LogP contribution in [0.1, 0.15) is 39.0 Å². The van der Waals surface area contributed by atoms with Crippen molar-refractivity contribution in [3.63, 3.8) is 0 Å². The molecule has 5 aliphatic carbocycles. The Labute approximate surface area is 167 Å². The molecular formula is C22H35NO5. The number of piperidine rings is 1. The number of nitrogens with zero attached hydrogens (tertiary/aromatic N) is 1. The zero-order valence-electron chi connectivity index (χ0n) is 17.3. The highest BCUT2D eigenvalue weighted by atomic mass is 16.5. The van der Waals surface area contributed by atoms with E-state index >= 15 is 0 Å². The Morgan fingerprint density at radius 2 is 1.71 bits per heavy atom. The van der Waals surface area contributed by atoms with Crippen LogP contribution >= 0.6 is 0 Å². The molecule has 5 saturated carbocycles. The zero-order chi connectivity index (χ0) is 19.6. The fourth-order valence-corrected chi connectivity index (χ4v) is 9.94. The van der Waals surface area contributed by atoms with Gasteiger partial charge >= 0.3 is 0 Å². The van der Waals surface area contributed by atoms with E-state index in [0.717, 1.165) is 25.9 Å². The molecular weight excluding hydrogens is 358 g/mol. The predicted molar refractivity (Wildman–Crippen MR) is 102 cm³/mol. The van der Waals surface area contributed by atoms with Gasteiger partial charge in [0.05, 0.1) is 23.9 Å². The number of likely N-dealkylation sites (tertiary alicyclic amines) is 1. The van der Waals surface area contributed by atoms with Gasteiger partial charge in [-0.15, -0.1) is 0 Å². The summed E-state index contributed by atoms with van der Waals surface area (Å²) in [5.74, 6) is 1.09. The first-order valence-electron chi connectivity index (χ1n) is 11.3. The van der Waals surface area contributed by atoms with Crippen molar-refractivity contribution in [2.24, 2.45) is 35.0 Å². The van der Waals surface area contributed by atoms with Crippen LogP contribution in [0.15, 0.2) is 0 Å². The highest BCUT2D eigenvalue weighted by molar-refractivity contribution is 5.34. The molecule has 1 saturated heterocycles. The molecule has 0 aromatic carbocycles. The Balaban J connectivity index is 1.59. The third-order valence-corrected chi connectivity index (χ3v) is 10.6. The smallest absolute Gasteiger partial charge is 0.117 e. The maximum Gasteiger partial charge on any atom is 0.117 e. The van der Waals surface area contributed by atoms with Crippen molar-refractivity contribution in [1.82, 2.24) is 4.90 Å². The highest BCUT2D eigenvalue weighted by Crippen LogP contribution is 2.77. The van der Waals surface area contributed by atoms with E-state index in [9.17, 15) is 15.3 Å². The van der Waals surface area contributed by atoms with Gasteiger partial charge in [-0.3, -0.25) is 4.90 Å². The number of ether oxygens (including phenoxy) is 2. The van der Waals surface area contributed by atoms with Crippen molar-refractivity contribution in [3.8, 4) is 0 Å². The van der Waals surface area contributed by atoms with Crippen LogP contribution in [0, 0.1) is 35.0 Å². The van der Waals surface area contributed by atoms with E-state index in [0.29, 0.717) is 24.7 Å². The van der Waals surface area contributed by atoms with E-state index < -0.39 is 23.4 Å². The molecule has 6 fully saturated rings. The Bertz CT molecular complexity index is 690. The molecule has 6 rings (SSSR count). The molecule has 1 aliphatic heterocycles. The van der Waals surface area contributed by atoms with Crippen molar-refractivity contribution in [2.75, 3.05) is 27.3 Å². The number of methoxy groups -OCH3 is 2. The Kier molecular flexibility index (Phi) is 3.65. The van der Waals surface area contributed by atoms with E-state index in [1.54, 1.807) is 7.11 Å². The molecule has 0 aromatic heterocycles. The third-order valence-electron chi connectivity index (χ3n) is 10.6. The molecule has 12 atom stereocenters. The summed E-state index contributed by atoms with van der Waals surface area (Å²) >= 11 is 0. The van der Waals surface area contributed by atoms with Gasteiger partial charge in [0.1, 0.15) is 5.60 Å². The first kappa shape index (κ1) is 18.5. The fraction of sp³-hybridized carbons (Fsp3) is 1.00. The van der Waals surface area contributed by atoms with Gasteiger partial charge in [0.2, 0.25) is 0 Å². The Morgan fingerprint density at radius 3 is 2.39 bits per heavy atom. The first-order chi connectivity index (χ1) is 13.4. The second-order valence-electron chi connectivity index (χ2n) is 10.7. The monoisotopic (exact) mass is 393 g/mol. The molecule has 6 aliphatic rings. The number of aliphatic hydroxyl groups excluding tert-OH is 1. The summed E-state index contributed by atoms with van der Waals surface area (Å²) in [5, 5.41) is 35.0. The molecule has 7 bridgehead atoms. The molecule has 3 N–H and O–H groups in total. The number of hydrogen-bond donors (Lipinski definition) is 3. The molecule has 6 nitrogen and oxygen atoms in total. The lowest BCUT2D eigenvalue weighted by Crippen LogP contribution is -2.75. The van der Waals surface area contributed by atoms with E-state index in [-0.39, 0.29) is 35.3 Å². The standard InChI is InChI=1S/C22H35NO5/c1-4-23-10-11-5-6-15(27-2)22-12(11)7-13(18(22)23)20(25)9-16(28-3)21(26)8-14(22)17(20)19(21)24/h11-19,24-26H,4-10H2,1-3H3/t11-,12?,13-,14?,15-,16-,17?,18?,19+,20-,21-,22-/m0/s1. The SMILES string of the molecule is CCN1C[C@@H]2CC[C@H](OC)[C@@]34C5C[C@]6(O)[C@@H](OC)C[C@@](O)(C5[C@H]6O)[C@@H](CC23)C14. The molecule has 1 heterocycles. The lowest BCUT2D eigenvalue weighted by molar-refractivity contribution is -0.272. The Hall–Kier alpha value is -0.240. The van der Waals surface area contributed by atoms with Gasteiger partial charge in [0.15, 0.2) is 0 Å². The number of hydrogen-bond acceptors (Lipinski definition) is 6. The number of fused-ring (bicyclic) bond motifs is 2. The largest absolute Gasteiger partial charge is 0.390 e. The second kappa shape index (κ2) is 5.51. The lowest BCUT2D eigenvalue weighted by Gasteiger charge is -2.66. The minimum atomic E-state index is -1.26. The molecule has 28 heavy (non-hydrogen) atoms. The average molecular weight is 394 g/mol. The van der Waals surface area contributed by atoms with Crippen LogP contribution in [0.3, 0.4) is 0 Å². The quantitative estimate of drug-likeness (QED) is 0.653. The van der Waals surface area contributed by atoms with Crippen LogP contribution in [0.2, 0.25) is 0 Å². The van der Waals surface area contributed by atoms with Crippen molar-refractivity contribution >= 4 is 0 Å². The summed E-state index contributed by atoms with van der Waals surface area (Å²) in [7, 11) is 3.44. The van der Waals surface area contributed by atoms with Crippen LogP contribution in [-0.2, 0) is 9.47 Å². The van der Waals surface area contributed by atoms with Gasteiger partial charge < -0.3 is 24.8 Å². The number of rotatable bonds is 3. The van der Waals surface area contributed by atoms with Gasteiger partial charge in [-0.1, -0.05) is 6.92 Å². The van der Waals surface area contributed by atoms with Crippen LogP contribution < -0.4 is 0 Å². The molecule has 1 spiro atoms. The third kappa shape index (κ3) is 1.69. The highest BCUT2D eigenvalue weighted by Gasteiger charge is 2.84. The summed E-state index contributed by atoms with van der Waals surface area (Å²) in [6, 6.07) is 0.278. The minimum Gasteiger partial charge on any atom is -0.390 e. The first-order valence-corrected chi connectivity index (χ1v) is 11.3. The summed E-state index contributed by atoms with van der Waals surface area (Å²) in [5.41, 5.74) is -2.30. The predicted octanol–water partition coefficient (Wildman–Crippen LogP) is 0.630. The Morgan fingerprint density at radius 1 is 0.964 bits per heavy atom. The summed E-state index contributed by atoms with van der Waals surface area (Å²) < 4.78 is 11.9. The van der Waals surface area contributed by atoms with Gasteiger partial charge in [0.25, 0.3) is 0 Å². The van der Waals surface area contributed by atoms with Crippen molar-refractivity contribution < 1.29 is 24.8 Å². The van der Waals surface area contributed by atoms with Gasteiger partial charge in [-0.25, -0.2) is 0 Å². The zero-order valence-corrected chi connectivity index (χ0v) is 17.3. The molecule has 0 aromatic rings. The molecule has 0 amide bonds. The van der Waals surface area contributed by atoms with Crippen molar-refractivity contribution in [2.45, 2.75) is 74.6 Å². The maximum atomic E-state index is 12.2. The molecule has 4 unspecified atom stereocenters. The number of aliphatic hydroxyl groups is 3. The summed E-state index contributed by atoms with van der Waals surface area (Å²) in [4.78, 5) is 2.61. The summed E-state index contributed by atoms with van der Waals surface area (Å²) in [6.45, 7) is 4.33. The molecule has 158 valence electrons. The van der Waals surface area contributed by atoms with Crippen LogP contribution in [0.4, 0.5) is 0 Å². The second-order valence-corrected chi connectivity index (χ2v) is 10.7. The van der Waals surface area contributed by atoms with E-state index in [1.807, 2.05) is 7.11 Å². The molecule has 0 radical (unpaired) electrons. The minimum absolute atomic E-state index is 0.0679. The fourth-order valence-electron chi connectivity index (χ4n) is 9.94. The topological polar surface area (TPSA) is 82.4 Å². The van der Waals surface area contributed by atoms with Crippen molar-refractivity contribution in [1.29, 1.82) is 0 Å². The summed E-state index contributed by atoms with van der Waals surface area (Å²) in [6.07, 6.45) is 2.92. The van der Waals surface area contributed by atoms with E-state index in [2.05, 4.69) is 11.8 Å². The van der Waals surface area contributed by atoms with Crippen LogP contribution in [0.5, 0.6) is 0 Å². The van der Waals surface area contributed by atoms with Gasteiger partial charge in [-0.2, -0.15) is 0 Å². The maximum absolute atomic E-state index is 12.2. The lowest BCUT2D eigenvalue weighted by atomic mass is 9.46. The van der Waals surface area contributed by atoms with Gasteiger partial charge in [0, 0.05) is 50.5 Å². The molecule has 6 heteroatoms. The normalized spacial score (nSPS) is 64.3. The average Bonchev–Trinajstić information content (AvgIpc) is 3.04. The van der Waals surface area contributed by atoms with Crippen LogP contribution in [-0.4, -0.2) is 83.1 Å². The van der Waals surface area contributed by atoms with Crippen LogP contribution in [0.25, 0.3) is 0 Å². The van der Waals surface area contributed by atoms with E-state index in [1.165, 1.54) is 6.42 Å². The van der Waals surface area contributed by atoms with Crippen molar-refractivity contribution in [3.05, 3.63) is 0 Å². The van der Waals surface area contributed by atoms with E-state index in [4.69, 9.17) is 9.47 Å².